The van der Waals surface area contributed by atoms with Gasteiger partial charge in [0.2, 0.25) is 0 Å². The standard InChI is InChI=1S/C6H11NO7S/c1-2-14-5(10)6(7,3-4(8)9)15(11,12)13/h2-3,7H2,1H3,(H,8,9)(H,11,12,13). The highest BCUT2D eigenvalue weighted by molar-refractivity contribution is 7.88. The summed E-state index contributed by atoms with van der Waals surface area (Å²) in [6.07, 6.45) is -1.27. The number of carbonyl (C=O) groups is 2. The second-order valence-electron chi connectivity index (χ2n) is 2.66. The van der Waals surface area contributed by atoms with Crippen LogP contribution in [0.4, 0.5) is 0 Å². The highest BCUT2D eigenvalue weighted by Gasteiger charge is 2.50. The number of carboxylic acids is 1. The van der Waals surface area contributed by atoms with E-state index in [0.717, 1.165) is 0 Å². The minimum atomic E-state index is -5.06. The first-order chi connectivity index (χ1) is 6.65. The number of hydrogen-bond acceptors (Lipinski definition) is 6. The molecule has 0 saturated carbocycles. The first kappa shape index (κ1) is 13.8. The highest BCUT2D eigenvalue weighted by atomic mass is 32.2. The molecule has 0 aliphatic heterocycles. The Kier molecular flexibility index (Phi) is 4.19. The summed E-state index contributed by atoms with van der Waals surface area (Å²) in [5.41, 5.74) is 5.01. The van der Waals surface area contributed by atoms with Crippen LogP contribution in [0, 0.1) is 0 Å². The SMILES string of the molecule is CCOC(=O)C(N)(CC(=O)O)S(=O)(=O)O. The number of esters is 1. The van der Waals surface area contributed by atoms with Crippen molar-refractivity contribution in [1.82, 2.24) is 0 Å². The molecule has 0 fully saturated rings. The molecule has 0 aliphatic carbocycles. The molecule has 0 amide bonds. The van der Waals surface area contributed by atoms with Crippen molar-refractivity contribution >= 4 is 22.1 Å². The van der Waals surface area contributed by atoms with Gasteiger partial charge in [0.1, 0.15) is 0 Å². The van der Waals surface area contributed by atoms with Gasteiger partial charge < -0.3 is 15.6 Å². The van der Waals surface area contributed by atoms with Crippen LogP contribution in [0.1, 0.15) is 13.3 Å². The van der Waals surface area contributed by atoms with E-state index in [2.05, 4.69) is 4.74 Å². The molecule has 4 N–H and O–H groups in total. The summed E-state index contributed by atoms with van der Waals surface area (Å²) in [5.74, 6) is -3.15. The molecule has 1 atom stereocenters. The number of rotatable bonds is 5. The molecule has 9 heteroatoms. The maximum absolute atomic E-state index is 11.1. The number of hydrogen-bond donors (Lipinski definition) is 3. The second-order valence-corrected chi connectivity index (χ2v) is 4.33. The van der Waals surface area contributed by atoms with Crippen molar-refractivity contribution in [3.63, 3.8) is 0 Å². The Hall–Kier alpha value is -1.19. The van der Waals surface area contributed by atoms with Crippen LogP contribution in [-0.4, -0.2) is 41.5 Å². The predicted molar refractivity (Wildman–Crippen MR) is 47.4 cm³/mol. The third-order valence-electron chi connectivity index (χ3n) is 1.50. The first-order valence-electron chi connectivity index (χ1n) is 3.80. The Morgan fingerprint density at radius 3 is 2.20 bits per heavy atom. The average molecular weight is 241 g/mol. The van der Waals surface area contributed by atoms with Gasteiger partial charge in [0, 0.05) is 0 Å². The van der Waals surface area contributed by atoms with Gasteiger partial charge in [-0.2, -0.15) is 8.42 Å². The monoisotopic (exact) mass is 241 g/mol. The van der Waals surface area contributed by atoms with Crippen LogP contribution >= 0.6 is 0 Å². The molecular formula is C6H11NO7S. The fraction of sp³-hybridized carbons (Fsp3) is 0.667. The summed E-state index contributed by atoms with van der Waals surface area (Å²) in [4.78, 5) is 18.4. The van der Waals surface area contributed by atoms with Crippen LogP contribution in [0.5, 0.6) is 0 Å². The number of aliphatic carboxylic acids is 1. The predicted octanol–water partition coefficient (Wildman–Crippen LogP) is -1.43. The second kappa shape index (κ2) is 4.55. The Balaban J connectivity index is 5.22. The first-order valence-corrected chi connectivity index (χ1v) is 5.24. The fourth-order valence-electron chi connectivity index (χ4n) is 0.747. The molecule has 0 aromatic rings. The van der Waals surface area contributed by atoms with E-state index in [9.17, 15) is 18.0 Å². The molecule has 0 rings (SSSR count). The quantitative estimate of drug-likeness (QED) is 0.392. The lowest BCUT2D eigenvalue weighted by atomic mass is 10.2. The summed E-state index contributed by atoms with van der Waals surface area (Å²) >= 11 is 0. The van der Waals surface area contributed by atoms with Crippen molar-refractivity contribution in [3.8, 4) is 0 Å². The van der Waals surface area contributed by atoms with Crippen LogP contribution in [0.2, 0.25) is 0 Å². The van der Waals surface area contributed by atoms with Gasteiger partial charge in [0.25, 0.3) is 15.0 Å². The van der Waals surface area contributed by atoms with Crippen molar-refractivity contribution in [2.75, 3.05) is 6.61 Å². The third-order valence-corrected chi connectivity index (χ3v) is 2.73. The molecule has 0 spiro atoms. The van der Waals surface area contributed by atoms with Gasteiger partial charge in [0.05, 0.1) is 13.0 Å². The average Bonchev–Trinajstić information content (AvgIpc) is 2.01. The van der Waals surface area contributed by atoms with E-state index in [0.29, 0.717) is 0 Å². The molecule has 0 aromatic carbocycles. The van der Waals surface area contributed by atoms with Crippen molar-refractivity contribution in [2.45, 2.75) is 18.2 Å². The van der Waals surface area contributed by atoms with Crippen molar-refractivity contribution in [2.24, 2.45) is 5.73 Å². The lowest BCUT2D eigenvalue weighted by molar-refractivity contribution is -0.150. The maximum Gasteiger partial charge on any atom is 0.345 e. The highest BCUT2D eigenvalue weighted by Crippen LogP contribution is 2.16. The van der Waals surface area contributed by atoms with Crippen LogP contribution in [-0.2, 0) is 24.4 Å². The molecular weight excluding hydrogens is 230 g/mol. The van der Waals surface area contributed by atoms with Gasteiger partial charge >= 0.3 is 11.9 Å². The van der Waals surface area contributed by atoms with E-state index < -0.39 is 33.3 Å². The smallest absolute Gasteiger partial charge is 0.345 e. The van der Waals surface area contributed by atoms with Gasteiger partial charge in [-0.05, 0) is 6.92 Å². The normalized spacial score (nSPS) is 15.4. The van der Waals surface area contributed by atoms with E-state index >= 15 is 0 Å². The zero-order chi connectivity index (χ0) is 12.3. The summed E-state index contributed by atoms with van der Waals surface area (Å²) in [6.45, 7) is 1.19. The van der Waals surface area contributed by atoms with Crippen LogP contribution < -0.4 is 5.73 Å². The molecule has 0 bridgehead atoms. The molecule has 1 unspecified atom stereocenters. The molecule has 0 heterocycles. The van der Waals surface area contributed by atoms with Crippen molar-refractivity contribution < 1.29 is 32.4 Å². The summed E-state index contributed by atoms with van der Waals surface area (Å²) in [7, 11) is -5.06. The van der Waals surface area contributed by atoms with E-state index in [1.54, 1.807) is 0 Å². The van der Waals surface area contributed by atoms with Crippen LogP contribution in [0.15, 0.2) is 0 Å². The summed E-state index contributed by atoms with van der Waals surface area (Å²) in [5, 5.41) is 8.37. The molecule has 8 nitrogen and oxygen atoms in total. The van der Waals surface area contributed by atoms with E-state index in [1.807, 2.05) is 0 Å². The van der Waals surface area contributed by atoms with E-state index in [-0.39, 0.29) is 6.61 Å². The number of carbonyl (C=O) groups excluding carboxylic acids is 1. The Morgan fingerprint density at radius 1 is 1.47 bits per heavy atom. The number of nitrogens with two attached hydrogens (primary N) is 1. The maximum atomic E-state index is 11.1. The Labute approximate surface area is 85.8 Å². The van der Waals surface area contributed by atoms with Gasteiger partial charge in [-0.3, -0.25) is 9.35 Å². The van der Waals surface area contributed by atoms with Crippen molar-refractivity contribution in [1.29, 1.82) is 0 Å². The number of ether oxygens (including phenoxy) is 1. The third kappa shape index (κ3) is 3.15. The molecule has 88 valence electrons. The van der Waals surface area contributed by atoms with E-state index in [4.69, 9.17) is 15.4 Å². The van der Waals surface area contributed by atoms with Gasteiger partial charge in [-0.25, -0.2) is 4.79 Å². The molecule has 0 radical (unpaired) electrons. The zero-order valence-corrected chi connectivity index (χ0v) is 8.65. The summed E-state index contributed by atoms with van der Waals surface area (Å²) < 4.78 is 34.5. The minimum absolute atomic E-state index is 0.188. The van der Waals surface area contributed by atoms with Gasteiger partial charge in [-0.1, -0.05) is 0 Å². The Morgan fingerprint density at radius 2 is 1.93 bits per heavy atom. The van der Waals surface area contributed by atoms with Crippen LogP contribution in [0.25, 0.3) is 0 Å². The van der Waals surface area contributed by atoms with Gasteiger partial charge in [-0.15, -0.1) is 0 Å². The Bertz CT molecular complexity index is 362. The lowest BCUT2D eigenvalue weighted by Gasteiger charge is -2.21. The number of carboxylic acid groups (broad SMARTS) is 1. The fourth-order valence-corrected chi connectivity index (χ4v) is 1.32. The molecule has 0 saturated heterocycles. The van der Waals surface area contributed by atoms with E-state index in [1.165, 1.54) is 6.92 Å². The molecule has 0 aromatic heterocycles. The van der Waals surface area contributed by atoms with Gasteiger partial charge in [0.15, 0.2) is 0 Å². The van der Waals surface area contributed by atoms with Crippen molar-refractivity contribution in [3.05, 3.63) is 0 Å². The zero-order valence-electron chi connectivity index (χ0n) is 7.84. The van der Waals surface area contributed by atoms with Crippen LogP contribution in [0.3, 0.4) is 0 Å². The topological polar surface area (TPSA) is 144 Å². The minimum Gasteiger partial charge on any atom is -0.481 e. The molecule has 15 heavy (non-hydrogen) atoms. The largest absolute Gasteiger partial charge is 0.481 e. The lowest BCUT2D eigenvalue weighted by Crippen LogP contribution is -2.56. The summed E-state index contributed by atoms with van der Waals surface area (Å²) in [6, 6.07) is 0. The molecule has 0 aliphatic rings.